The summed E-state index contributed by atoms with van der Waals surface area (Å²) in [5.41, 5.74) is 0. The normalized spacial score (nSPS) is 20.0. The lowest BCUT2D eigenvalue weighted by Gasteiger charge is -2.30. The fraction of sp³-hybridized carbons (Fsp3) is 0.810. The van der Waals surface area contributed by atoms with Crippen LogP contribution in [-0.4, -0.2) is 90.1 Å². The Morgan fingerprint density at radius 3 is 2.55 bits per heavy atom. The van der Waals surface area contributed by atoms with Gasteiger partial charge < -0.3 is 15.1 Å². The predicted octanol–water partition coefficient (Wildman–Crippen LogP) is 0.799. The summed E-state index contributed by atoms with van der Waals surface area (Å²) < 4.78 is 0. The number of likely N-dealkylation sites (tertiary alicyclic amines) is 1. The number of rotatable bonds is 11. The van der Waals surface area contributed by atoms with Crippen molar-refractivity contribution in [2.24, 2.45) is 11.8 Å². The standard InChI is InChI=1S/C21H37N5O5/c1-3-24(2)12-10-22-21(30)23-19(28)18-9-6-11-26(18)20(29)17(14-25(31)15-27)13-16-7-4-5-8-16/h15-18,31H,3-14H2,1-2H3,(H2,22,23,28,30)/t17-,18+/m1/s1. The van der Waals surface area contributed by atoms with E-state index in [9.17, 15) is 24.4 Å². The van der Waals surface area contributed by atoms with Crippen LogP contribution in [0.15, 0.2) is 0 Å². The molecule has 2 aliphatic rings. The number of likely N-dealkylation sites (N-methyl/N-ethyl adjacent to an activating group) is 1. The van der Waals surface area contributed by atoms with Crippen LogP contribution in [0.3, 0.4) is 0 Å². The molecule has 0 spiro atoms. The zero-order valence-corrected chi connectivity index (χ0v) is 18.7. The lowest BCUT2D eigenvalue weighted by atomic mass is 9.91. The van der Waals surface area contributed by atoms with E-state index in [2.05, 4.69) is 10.6 Å². The first-order valence-corrected chi connectivity index (χ1v) is 11.3. The predicted molar refractivity (Wildman–Crippen MR) is 114 cm³/mol. The molecule has 3 N–H and O–H groups in total. The summed E-state index contributed by atoms with van der Waals surface area (Å²) in [4.78, 5) is 52.4. The highest BCUT2D eigenvalue weighted by Crippen LogP contribution is 2.32. The molecule has 1 aliphatic carbocycles. The molecule has 0 aromatic carbocycles. The Bertz CT molecular complexity index is 625. The summed E-state index contributed by atoms with van der Waals surface area (Å²) in [7, 11) is 1.94. The summed E-state index contributed by atoms with van der Waals surface area (Å²) in [6.45, 7) is 4.30. The van der Waals surface area contributed by atoms with Gasteiger partial charge in [0, 0.05) is 19.6 Å². The van der Waals surface area contributed by atoms with Crippen LogP contribution in [0.1, 0.15) is 51.9 Å². The van der Waals surface area contributed by atoms with Crippen molar-refractivity contribution in [1.82, 2.24) is 25.5 Å². The Labute approximate surface area is 184 Å². The Morgan fingerprint density at radius 2 is 1.90 bits per heavy atom. The van der Waals surface area contributed by atoms with Crippen molar-refractivity contribution in [3.05, 3.63) is 0 Å². The molecule has 5 amide bonds. The zero-order valence-electron chi connectivity index (χ0n) is 18.7. The number of nitrogens with one attached hydrogen (secondary N) is 2. The molecule has 2 fully saturated rings. The van der Waals surface area contributed by atoms with Crippen molar-refractivity contribution in [3.8, 4) is 0 Å². The average molecular weight is 440 g/mol. The molecule has 0 bridgehead atoms. The van der Waals surface area contributed by atoms with Gasteiger partial charge in [-0.15, -0.1) is 0 Å². The molecule has 0 aromatic rings. The molecule has 2 rings (SSSR count). The first kappa shape index (κ1) is 25.1. The lowest BCUT2D eigenvalue weighted by Crippen LogP contribution is -2.52. The van der Waals surface area contributed by atoms with Crippen molar-refractivity contribution in [1.29, 1.82) is 0 Å². The van der Waals surface area contributed by atoms with Crippen molar-refractivity contribution in [2.45, 2.75) is 57.9 Å². The third-order valence-electron chi connectivity index (χ3n) is 6.37. The van der Waals surface area contributed by atoms with Crippen LogP contribution >= 0.6 is 0 Å². The minimum absolute atomic E-state index is 0.0882. The summed E-state index contributed by atoms with van der Waals surface area (Å²) >= 11 is 0. The van der Waals surface area contributed by atoms with E-state index >= 15 is 0 Å². The van der Waals surface area contributed by atoms with Crippen LogP contribution in [0.4, 0.5) is 4.79 Å². The molecule has 0 radical (unpaired) electrons. The van der Waals surface area contributed by atoms with Crippen LogP contribution in [0.25, 0.3) is 0 Å². The number of hydrogen-bond donors (Lipinski definition) is 3. The Balaban J connectivity index is 1.94. The summed E-state index contributed by atoms with van der Waals surface area (Å²) in [6, 6.07) is -1.29. The third kappa shape index (κ3) is 7.77. The number of hydroxylamine groups is 2. The molecule has 2 atom stereocenters. The van der Waals surface area contributed by atoms with Crippen LogP contribution in [0.2, 0.25) is 0 Å². The third-order valence-corrected chi connectivity index (χ3v) is 6.37. The van der Waals surface area contributed by atoms with Crippen LogP contribution < -0.4 is 10.6 Å². The molecule has 1 saturated carbocycles. The second kappa shape index (κ2) is 12.6. The number of carbonyl (C=O) groups is 4. The maximum absolute atomic E-state index is 13.3. The van der Waals surface area contributed by atoms with E-state index in [1.807, 2.05) is 18.9 Å². The Morgan fingerprint density at radius 1 is 1.19 bits per heavy atom. The SMILES string of the molecule is CCN(C)CCNC(=O)NC(=O)[C@@H]1CCCN1C(=O)[C@H](CC1CCCC1)CN(O)C=O. The minimum atomic E-state index is -0.717. The zero-order chi connectivity index (χ0) is 22.8. The quantitative estimate of drug-likeness (QED) is 0.249. The van der Waals surface area contributed by atoms with E-state index in [1.54, 1.807) is 0 Å². The number of carbonyl (C=O) groups excluding carboxylic acids is 4. The van der Waals surface area contributed by atoms with E-state index in [4.69, 9.17) is 0 Å². The maximum Gasteiger partial charge on any atom is 0.321 e. The topological polar surface area (TPSA) is 122 Å². The molecule has 10 nitrogen and oxygen atoms in total. The molecule has 10 heteroatoms. The van der Waals surface area contributed by atoms with Gasteiger partial charge in [0.2, 0.25) is 12.3 Å². The van der Waals surface area contributed by atoms with E-state index in [-0.39, 0.29) is 12.5 Å². The van der Waals surface area contributed by atoms with Gasteiger partial charge in [-0.05, 0) is 38.8 Å². The first-order chi connectivity index (χ1) is 14.8. The van der Waals surface area contributed by atoms with Gasteiger partial charge in [0.05, 0.1) is 12.5 Å². The van der Waals surface area contributed by atoms with Gasteiger partial charge in [-0.2, -0.15) is 0 Å². The van der Waals surface area contributed by atoms with Crippen LogP contribution in [0.5, 0.6) is 0 Å². The highest BCUT2D eigenvalue weighted by Gasteiger charge is 2.39. The molecule has 0 unspecified atom stereocenters. The fourth-order valence-corrected chi connectivity index (χ4v) is 4.47. The molecule has 31 heavy (non-hydrogen) atoms. The second-order valence-corrected chi connectivity index (χ2v) is 8.64. The molecule has 1 saturated heterocycles. The number of amides is 5. The van der Waals surface area contributed by atoms with Crippen LogP contribution in [0, 0.1) is 11.8 Å². The largest absolute Gasteiger partial charge is 0.337 e. The molecular formula is C21H37N5O5. The molecular weight excluding hydrogens is 402 g/mol. The number of imide groups is 1. The van der Waals surface area contributed by atoms with Gasteiger partial charge in [0.25, 0.3) is 5.91 Å². The van der Waals surface area contributed by atoms with Crippen molar-refractivity contribution >= 4 is 24.3 Å². The van der Waals surface area contributed by atoms with Gasteiger partial charge in [0.1, 0.15) is 6.04 Å². The molecule has 0 aromatic heterocycles. The molecule has 1 aliphatic heterocycles. The monoisotopic (exact) mass is 439 g/mol. The fourth-order valence-electron chi connectivity index (χ4n) is 4.47. The van der Waals surface area contributed by atoms with Crippen molar-refractivity contribution in [2.75, 3.05) is 39.8 Å². The lowest BCUT2D eigenvalue weighted by molar-refractivity contribution is -0.158. The highest BCUT2D eigenvalue weighted by molar-refractivity contribution is 5.99. The maximum atomic E-state index is 13.3. The van der Waals surface area contributed by atoms with Crippen LogP contribution in [-0.2, 0) is 14.4 Å². The number of urea groups is 1. The van der Waals surface area contributed by atoms with Gasteiger partial charge in [-0.25, -0.2) is 9.86 Å². The van der Waals surface area contributed by atoms with E-state index < -0.39 is 23.9 Å². The number of nitrogens with zero attached hydrogens (tertiary/aromatic N) is 3. The van der Waals surface area contributed by atoms with Gasteiger partial charge in [0.15, 0.2) is 0 Å². The van der Waals surface area contributed by atoms with E-state index in [0.717, 1.165) is 32.2 Å². The van der Waals surface area contributed by atoms with E-state index in [1.165, 1.54) is 4.90 Å². The summed E-state index contributed by atoms with van der Waals surface area (Å²) in [5, 5.41) is 15.2. The average Bonchev–Trinajstić information content (AvgIpc) is 3.44. The molecule has 1 heterocycles. The van der Waals surface area contributed by atoms with Gasteiger partial charge in [-0.1, -0.05) is 32.6 Å². The van der Waals surface area contributed by atoms with Gasteiger partial charge in [-0.3, -0.25) is 24.9 Å². The second-order valence-electron chi connectivity index (χ2n) is 8.64. The highest BCUT2D eigenvalue weighted by atomic mass is 16.5. The smallest absolute Gasteiger partial charge is 0.321 e. The van der Waals surface area contributed by atoms with Crippen molar-refractivity contribution in [3.63, 3.8) is 0 Å². The minimum Gasteiger partial charge on any atom is -0.337 e. The Kier molecular flexibility index (Phi) is 10.2. The van der Waals surface area contributed by atoms with Gasteiger partial charge >= 0.3 is 6.03 Å². The summed E-state index contributed by atoms with van der Waals surface area (Å²) in [5.74, 6) is -0.917. The van der Waals surface area contributed by atoms with Crippen molar-refractivity contribution < 1.29 is 24.4 Å². The first-order valence-electron chi connectivity index (χ1n) is 11.3. The number of hydrogen-bond acceptors (Lipinski definition) is 6. The molecule has 176 valence electrons. The van der Waals surface area contributed by atoms with E-state index in [0.29, 0.717) is 56.3 Å². The summed E-state index contributed by atoms with van der Waals surface area (Å²) in [6.07, 6.45) is 6.35. The Hall–Kier alpha value is -2.20.